The molecule has 2 rings (SSSR count). The van der Waals surface area contributed by atoms with Gasteiger partial charge in [0.15, 0.2) is 6.20 Å². The summed E-state index contributed by atoms with van der Waals surface area (Å²) < 4.78 is 0. The second-order valence-electron chi connectivity index (χ2n) is 6.60. The Labute approximate surface area is 134 Å². The van der Waals surface area contributed by atoms with Crippen LogP contribution in [0, 0.1) is 16.0 Å². The first-order valence-corrected chi connectivity index (χ1v) is 7.63. The van der Waals surface area contributed by atoms with Gasteiger partial charge in [-0.15, -0.1) is 0 Å². The predicted molar refractivity (Wildman–Crippen MR) is 85.7 cm³/mol. The van der Waals surface area contributed by atoms with E-state index in [-0.39, 0.29) is 5.82 Å². The van der Waals surface area contributed by atoms with Crippen LogP contribution < -0.4 is 10.2 Å². The molecule has 0 bridgehead atoms. The van der Waals surface area contributed by atoms with Gasteiger partial charge in [-0.25, -0.2) is 4.79 Å². The number of pyridine rings is 1. The molecule has 1 atom stereocenters. The molecule has 126 valence electrons. The molecule has 8 heteroatoms. The van der Waals surface area contributed by atoms with E-state index in [4.69, 9.17) is 5.11 Å². The fourth-order valence-electron chi connectivity index (χ4n) is 3.20. The standard InChI is InChI=1S/C15H22N4O4/c1-15(2,17-14(20)21)8-11-4-3-7-18(10-11)12-5-6-13(16-9-12)19(22)23/h5-6,9,11,17H,3-4,7-8,10H2,1-2H3,(H,20,21)/t11-/m0/s1. The first-order valence-electron chi connectivity index (χ1n) is 7.63. The van der Waals surface area contributed by atoms with Crippen molar-refractivity contribution in [3.8, 4) is 0 Å². The molecule has 1 aliphatic rings. The Morgan fingerprint density at radius 3 is 2.87 bits per heavy atom. The predicted octanol–water partition coefficient (Wildman–Crippen LogP) is 2.64. The van der Waals surface area contributed by atoms with E-state index in [0.29, 0.717) is 5.92 Å². The largest absolute Gasteiger partial charge is 0.465 e. The third-order valence-corrected chi connectivity index (χ3v) is 4.05. The highest BCUT2D eigenvalue weighted by atomic mass is 16.6. The zero-order valence-electron chi connectivity index (χ0n) is 13.4. The summed E-state index contributed by atoms with van der Waals surface area (Å²) in [4.78, 5) is 27.0. The van der Waals surface area contributed by atoms with Crippen LogP contribution in [0.15, 0.2) is 18.3 Å². The fourth-order valence-corrected chi connectivity index (χ4v) is 3.20. The molecule has 0 aliphatic carbocycles. The van der Waals surface area contributed by atoms with E-state index in [1.54, 1.807) is 6.07 Å². The zero-order chi connectivity index (χ0) is 17.0. The molecule has 0 spiro atoms. The number of anilines is 1. The Hall–Kier alpha value is -2.38. The lowest BCUT2D eigenvalue weighted by atomic mass is 9.85. The Balaban J connectivity index is 2.00. The highest BCUT2D eigenvalue weighted by Gasteiger charge is 2.29. The molecule has 2 N–H and O–H groups in total. The molecule has 1 aromatic rings. The summed E-state index contributed by atoms with van der Waals surface area (Å²) in [5.41, 5.74) is 0.386. The monoisotopic (exact) mass is 322 g/mol. The smallest absolute Gasteiger partial charge is 0.405 e. The number of piperidine rings is 1. The topological polar surface area (TPSA) is 109 Å². The number of nitro groups is 1. The van der Waals surface area contributed by atoms with Crippen LogP contribution in [-0.2, 0) is 0 Å². The SMILES string of the molecule is CC(C)(C[C@@H]1CCCN(c2ccc([N+](=O)[O-])nc2)C1)NC(=O)O. The zero-order valence-corrected chi connectivity index (χ0v) is 13.4. The molecule has 2 heterocycles. The van der Waals surface area contributed by atoms with E-state index < -0.39 is 16.6 Å². The third-order valence-electron chi connectivity index (χ3n) is 4.05. The maximum Gasteiger partial charge on any atom is 0.405 e. The maximum atomic E-state index is 10.8. The Morgan fingerprint density at radius 2 is 2.30 bits per heavy atom. The van der Waals surface area contributed by atoms with Gasteiger partial charge in [-0.3, -0.25) is 0 Å². The fraction of sp³-hybridized carbons (Fsp3) is 0.600. The average molecular weight is 322 g/mol. The van der Waals surface area contributed by atoms with Crippen LogP contribution in [0.25, 0.3) is 0 Å². The van der Waals surface area contributed by atoms with Crippen molar-refractivity contribution >= 4 is 17.6 Å². The van der Waals surface area contributed by atoms with Gasteiger partial charge >= 0.3 is 11.9 Å². The van der Waals surface area contributed by atoms with Crippen molar-refractivity contribution in [2.24, 2.45) is 5.92 Å². The number of hydrogen-bond acceptors (Lipinski definition) is 5. The van der Waals surface area contributed by atoms with E-state index in [0.717, 1.165) is 38.0 Å². The number of nitrogens with zero attached hydrogens (tertiary/aromatic N) is 3. The minimum atomic E-state index is -1.01. The van der Waals surface area contributed by atoms with Gasteiger partial charge in [0.05, 0.1) is 5.69 Å². The molecule has 0 unspecified atom stereocenters. The lowest BCUT2D eigenvalue weighted by molar-refractivity contribution is -0.389. The Bertz CT molecular complexity index is 573. The minimum Gasteiger partial charge on any atom is -0.465 e. The molecule has 0 saturated carbocycles. The van der Waals surface area contributed by atoms with Crippen LogP contribution in [0.1, 0.15) is 33.1 Å². The van der Waals surface area contributed by atoms with E-state index >= 15 is 0 Å². The number of amides is 1. The van der Waals surface area contributed by atoms with E-state index in [9.17, 15) is 14.9 Å². The number of carbonyl (C=O) groups is 1. The molecule has 1 aliphatic heterocycles. The van der Waals surface area contributed by atoms with Gasteiger partial charge in [0.25, 0.3) is 0 Å². The van der Waals surface area contributed by atoms with Crippen LogP contribution in [-0.4, -0.2) is 39.7 Å². The summed E-state index contributed by atoms with van der Waals surface area (Å²) in [5, 5.41) is 22.1. The second kappa shape index (κ2) is 6.80. The van der Waals surface area contributed by atoms with E-state index in [1.807, 2.05) is 13.8 Å². The lowest BCUT2D eigenvalue weighted by Gasteiger charge is -2.37. The number of carboxylic acid groups (broad SMARTS) is 1. The quantitative estimate of drug-likeness (QED) is 0.637. The Morgan fingerprint density at radius 1 is 1.57 bits per heavy atom. The van der Waals surface area contributed by atoms with Crippen LogP contribution >= 0.6 is 0 Å². The molecular weight excluding hydrogens is 300 g/mol. The summed E-state index contributed by atoms with van der Waals surface area (Å²) in [7, 11) is 0. The van der Waals surface area contributed by atoms with Crippen molar-refractivity contribution in [2.75, 3.05) is 18.0 Å². The minimum absolute atomic E-state index is 0.158. The number of aromatic nitrogens is 1. The molecule has 23 heavy (non-hydrogen) atoms. The summed E-state index contributed by atoms with van der Waals surface area (Å²) in [6.07, 6.45) is 3.31. The van der Waals surface area contributed by atoms with Crippen molar-refractivity contribution in [3.63, 3.8) is 0 Å². The maximum absolute atomic E-state index is 10.8. The van der Waals surface area contributed by atoms with Crippen molar-refractivity contribution in [1.82, 2.24) is 10.3 Å². The molecule has 1 aromatic heterocycles. The first kappa shape index (κ1) is 17.0. The van der Waals surface area contributed by atoms with Crippen LogP contribution in [0.4, 0.5) is 16.3 Å². The highest BCUT2D eigenvalue weighted by molar-refractivity contribution is 5.65. The molecule has 1 saturated heterocycles. The van der Waals surface area contributed by atoms with Crippen LogP contribution in [0.2, 0.25) is 0 Å². The lowest BCUT2D eigenvalue weighted by Crippen LogP contribution is -2.46. The molecule has 0 aromatic carbocycles. The molecular formula is C15H22N4O4. The van der Waals surface area contributed by atoms with Crippen molar-refractivity contribution in [1.29, 1.82) is 0 Å². The second-order valence-corrected chi connectivity index (χ2v) is 6.60. The van der Waals surface area contributed by atoms with Crippen molar-refractivity contribution in [3.05, 3.63) is 28.4 Å². The third kappa shape index (κ3) is 4.80. The molecule has 8 nitrogen and oxygen atoms in total. The summed E-state index contributed by atoms with van der Waals surface area (Å²) in [6, 6.07) is 3.13. The van der Waals surface area contributed by atoms with Gasteiger partial charge in [0.1, 0.15) is 0 Å². The van der Waals surface area contributed by atoms with Crippen LogP contribution in [0.5, 0.6) is 0 Å². The number of nitrogens with one attached hydrogen (secondary N) is 1. The van der Waals surface area contributed by atoms with Crippen molar-refractivity contribution < 1.29 is 14.8 Å². The van der Waals surface area contributed by atoms with Gasteiger partial charge in [-0.2, -0.15) is 0 Å². The average Bonchev–Trinajstić information content (AvgIpc) is 2.45. The molecule has 1 fully saturated rings. The number of rotatable bonds is 5. The van der Waals surface area contributed by atoms with Crippen LogP contribution in [0.3, 0.4) is 0 Å². The normalized spacial score (nSPS) is 18.5. The van der Waals surface area contributed by atoms with Gasteiger partial charge in [0, 0.05) is 24.7 Å². The van der Waals surface area contributed by atoms with Gasteiger partial charge in [-0.05, 0) is 55.0 Å². The Kier molecular flexibility index (Phi) is 5.02. The summed E-state index contributed by atoms with van der Waals surface area (Å²) in [5.74, 6) is 0.204. The molecule has 0 radical (unpaired) electrons. The molecule has 1 amide bonds. The summed E-state index contributed by atoms with van der Waals surface area (Å²) in [6.45, 7) is 5.44. The van der Waals surface area contributed by atoms with E-state index in [1.165, 1.54) is 12.3 Å². The summed E-state index contributed by atoms with van der Waals surface area (Å²) >= 11 is 0. The van der Waals surface area contributed by atoms with Gasteiger partial charge in [-0.1, -0.05) is 0 Å². The first-order chi connectivity index (χ1) is 10.8. The van der Waals surface area contributed by atoms with Crippen molar-refractivity contribution in [2.45, 2.75) is 38.6 Å². The van der Waals surface area contributed by atoms with E-state index in [2.05, 4.69) is 15.2 Å². The highest BCUT2D eigenvalue weighted by Crippen LogP contribution is 2.28. The van der Waals surface area contributed by atoms with Gasteiger partial charge < -0.3 is 25.4 Å². The van der Waals surface area contributed by atoms with Gasteiger partial charge in [0.2, 0.25) is 0 Å². The number of hydrogen-bond donors (Lipinski definition) is 2.